The van der Waals surface area contributed by atoms with Crippen LogP contribution in [0.2, 0.25) is 0 Å². The van der Waals surface area contributed by atoms with Gasteiger partial charge in [0.1, 0.15) is 0 Å². The first kappa shape index (κ1) is 26.3. The average Bonchev–Trinajstić information content (AvgIpc) is 2.81. The Hall–Kier alpha value is -1.36. The van der Waals surface area contributed by atoms with Crippen LogP contribution in [-0.4, -0.2) is 35.4 Å². The number of allylic oxidation sites excluding steroid dienone is 2. The number of ether oxygens (including phenoxy) is 1. The van der Waals surface area contributed by atoms with Crippen molar-refractivity contribution >= 4 is 11.9 Å². The highest BCUT2D eigenvalue weighted by Gasteiger charge is 2.70. The summed E-state index contributed by atoms with van der Waals surface area (Å²) in [7, 11) is 1.44. The van der Waals surface area contributed by atoms with E-state index >= 15 is 0 Å². The minimum atomic E-state index is -0.883. The van der Waals surface area contributed by atoms with Crippen molar-refractivity contribution in [1.82, 2.24) is 0 Å². The molecular weight excluding hydrogens is 452 g/mol. The van der Waals surface area contributed by atoms with Gasteiger partial charge in [-0.1, -0.05) is 46.3 Å². The van der Waals surface area contributed by atoms with Gasteiger partial charge in [-0.25, -0.2) is 0 Å². The molecule has 0 spiro atoms. The molecule has 9 atom stereocenters. The molecule has 0 bridgehead atoms. The van der Waals surface area contributed by atoms with Crippen LogP contribution in [0.1, 0.15) is 106 Å². The molecule has 0 radical (unpaired) electrons. The van der Waals surface area contributed by atoms with Crippen molar-refractivity contribution in [3.05, 3.63) is 11.6 Å². The van der Waals surface area contributed by atoms with Crippen LogP contribution in [0.15, 0.2) is 11.6 Å². The number of methoxy groups -OCH3 is 1. The molecule has 5 aliphatic rings. The van der Waals surface area contributed by atoms with Gasteiger partial charge >= 0.3 is 11.9 Å². The van der Waals surface area contributed by atoms with Crippen molar-refractivity contribution in [3.8, 4) is 0 Å². The summed E-state index contributed by atoms with van der Waals surface area (Å²) in [4.78, 5) is 25.9. The molecule has 5 nitrogen and oxygen atoms in total. The topological polar surface area (TPSA) is 83.8 Å². The third-order valence-corrected chi connectivity index (χ3v) is 13.3. The van der Waals surface area contributed by atoms with Gasteiger partial charge in [0.05, 0.1) is 24.0 Å². The van der Waals surface area contributed by atoms with E-state index in [1.807, 2.05) is 6.92 Å². The Morgan fingerprint density at radius 3 is 2.22 bits per heavy atom. The van der Waals surface area contributed by atoms with Gasteiger partial charge < -0.3 is 14.9 Å². The maximum absolute atomic E-state index is 13.1. The SMILES string of the molecule is COC(=O)[C@@]1(C)[C@@H]2CC[C@]3(C)[C@H](CC=C4[C@H]5CC(C)(C)CC[C@]5(C(=O)O)CC[C@]43C)[C@@]2(C)CC[C@@H]1O. The van der Waals surface area contributed by atoms with Gasteiger partial charge in [-0.15, -0.1) is 0 Å². The monoisotopic (exact) mass is 500 g/mol. The molecule has 0 aromatic carbocycles. The van der Waals surface area contributed by atoms with Crippen molar-refractivity contribution in [3.63, 3.8) is 0 Å². The lowest BCUT2D eigenvalue weighted by atomic mass is 9.33. The number of hydrogen-bond donors (Lipinski definition) is 2. The van der Waals surface area contributed by atoms with E-state index < -0.39 is 22.9 Å². The van der Waals surface area contributed by atoms with Crippen molar-refractivity contribution in [2.45, 2.75) is 112 Å². The summed E-state index contributed by atoms with van der Waals surface area (Å²) < 4.78 is 5.27. The van der Waals surface area contributed by atoms with Crippen LogP contribution >= 0.6 is 0 Å². The summed E-state index contributed by atoms with van der Waals surface area (Å²) in [6, 6.07) is 0. The van der Waals surface area contributed by atoms with Crippen molar-refractivity contribution in [2.75, 3.05) is 7.11 Å². The number of esters is 1. The predicted octanol–water partition coefficient (Wildman–Crippen LogP) is 6.39. The number of carboxylic acid groups (broad SMARTS) is 1. The van der Waals surface area contributed by atoms with E-state index in [0.717, 1.165) is 57.8 Å². The maximum atomic E-state index is 13.1. The van der Waals surface area contributed by atoms with E-state index in [4.69, 9.17) is 4.74 Å². The number of carbonyl (C=O) groups is 2. The van der Waals surface area contributed by atoms with Gasteiger partial charge in [-0.3, -0.25) is 9.59 Å². The van der Waals surface area contributed by atoms with Crippen LogP contribution in [0.3, 0.4) is 0 Å². The van der Waals surface area contributed by atoms with Crippen LogP contribution in [0.25, 0.3) is 0 Å². The van der Waals surface area contributed by atoms with E-state index in [0.29, 0.717) is 12.3 Å². The minimum absolute atomic E-state index is 0.0356. The van der Waals surface area contributed by atoms with Gasteiger partial charge in [-0.2, -0.15) is 0 Å². The van der Waals surface area contributed by atoms with E-state index in [2.05, 4.69) is 40.7 Å². The normalized spacial score (nSPS) is 51.5. The first-order chi connectivity index (χ1) is 16.6. The predicted molar refractivity (Wildman–Crippen MR) is 139 cm³/mol. The Morgan fingerprint density at radius 1 is 0.917 bits per heavy atom. The van der Waals surface area contributed by atoms with Crippen LogP contribution in [0, 0.1) is 50.2 Å². The summed E-state index contributed by atoms with van der Waals surface area (Å²) in [5.74, 6) is -0.296. The molecule has 0 aromatic heterocycles. The summed E-state index contributed by atoms with van der Waals surface area (Å²) in [6.07, 6.45) is 10.6. The Labute approximate surface area is 217 Å². The molecule has 5 heteroatoms. The number of aliphatic hydroxyl groups is 1. The Morgan fingerprint density at radius 2 is 1.58 bits per heavy atom. The Balaban J connectivity index is 1.60. The zero-order valence-electron chi connectivity index (χ0n) is 23.6. The zero-order valence-corrected chi connectivity index (χ0v) is 23.6. The first-order valence-electron chi connectivity index (χ1n) is 14.3. The molecule has 2 N–H and O–H groups in total. The number of aliphatic carboxylic acids is 1. The third-order valence-electron chi connectivity index (χ3n) is 13.3. The Bertz CT molecular complexity index is 999. The number of hydrogen-bond acceptors (Lipinski definition) is 4. The standard InChI is InChI=1S/C31H48O5/c1-26(2)14-16-31(24(33)34)17-15-28(4)19(20(31)18-26)8-9-21-27(3)12-11-23(32)30(6,25(35)36-7)22(27)10-13-29(21,28)5/h8,20-23,32H,9-18H2,1-7H3,(H,33,34)/t20-,21-,22-,23+,27-,28-,29-,30+,31+/m1/s1. The van der Waals surface area contributed by atoms with Gasteiger partial charge in [-0.05, 0) is 111 Å². The van der Waals surface area contributed by atoms with Crippen LogP contribution < -0.4 is 0 Å². The fourth-order valence-electron chi connectivity index (χ4n) is 10.8. The van der Waals surface area contributed by atoms with Crippen LogP contribution in [-0.2, 0) is 14.3 Å². The van der Waals surface area contributed by atoms with Gasteiger partial charge in [0.15, 0.2) is 0 Å². The molecule has 0 aliphatic heterocycles. The Kier molecular flexibility index (Phi) is 5.71. The molecule has 0 saturated heterocycles. The average molecular weight is 501 g/mol. The summed E-state index contributed by atoms with van der Waals surface area (Å²) in [5.41, 5.74) is -0.00159. The largest absolute Gasteiger partial charge is 0.481 e. The van der Waals surface area contributed by atoms with Crippen molar-refractivity contribution in [2.24, 2.45) is 50.2 Å². The van der Waals surface area contributed by atoms with E-state index in [-0.39, 0.29) is 39.5 Å². The number of carbonyl (C=O) groups excluding carboxylic acids is 1. The second-order valence-electron chi connectivity index (χ2n) is 15.0. The summed E-state index contributed by atoms with van der Waals surface area (Å²) in [6.45, 7) is 13.9. The third kappa shape index (κ3) is 3.04. The highest BCUT2D eigenvalue weighted by atomic mass is 16.5. The van der Waals surface area contributed by atoms with Gasteiger partial charge in [0, 0.05) is 0 Å². The van der Waals surface area contributed by atoms with Crippen LogP contribution in [0.4, 0.5) is 0 Å². The first-order valence-corrected chi connectivity index (χ1v) is 14.3. The molecule has 5 aliphatic carbocycles. The molecule has 36 heavy (non-hydrogen) atoms. The molecule has 202 valence electrons. The smallest absolute Gasteiger partial charge is 0.314 e. The number of aliphatic hydroxyl groups excluding tert-OH is 1. The molecule has 0 unspecified atom stereocenters. The lowest BCUT2D eigenvalue weighted by Crippen LogP contribution is -2.66. The second kappa shape index (κ2) is 7.83. The highest BCUT2D eigenvalue weighted by molar-refractivity contribution is 5.78. The summed E-state index contributed by atoms with van der Waals surface area (Å²) in [5, 5.41) is 21.6. The van der Waals surface area contributed by atoms with E-state index in [1.54, 1.807) is 0 Å². The van der Waals surface area contributed by atoms with Crippen molar-refractivity contribution < 1.29 is 24.5 Å². The van der Waals surface area contributed by atoms with Crippen LogP contribution in [0.5, 0.6) is 0 Å². The second-order valence-corrected chi connectivity index (χ2v) is 15.0. The molecule has 0 heterocycles. The minimum Gasteiger partial charge on any atom is -0.481 e. The lowest BCUT2D eigenvalue weighted by Gasteiger charge is -2.70. The molecule has 0 amide bonds. The number of carboxylic acids is 1. The quantitative estimate of drug-likeness (QED) is 0.339. The molecule has 0 aromatic rings. The van der Waals surface area contributed by atoms with Gasteiger partial charge in [0.25, 0.3) is 0 Å². The number of rotatable bonds is 2. The van der Waals surface area contributed by atoms with Gasteiger partial charge in [0.2, 0.25) is 0 Å². The summed E-state index contributed by atoms with van der Waals surface area (Å²) >= 11 is 0. The molecule has 4 fully saturated rings. The molecule has 5 rings (SSSR count). The van der Waals surface area contributed by atoms with E-state index in [9.17, 15) is 19.8 Å². The molecular formula is C31H48O5. The fourth-order valence-corrected chi connectivity index (χ4v) is 10.8. The number of fused-ring (bicyclic) bond motifs is 7. The fraction of sp³-hybridized carbons (Fsp3) is 0.871. The van der Waals surface area contributed by atoms with Crippen molar-refractivity contribution in [1.29, 1.82) is 0 Å². The zero-order chi connectivity index (χ0) is 26.5. The maximum Gasteiger partial charge on any atom is 0.314 e. The molecule has 4 saturated carbocycles. The highest BCUT2D eigenvalue weighted by Crippen LogP contribution is 2.75. The lowest BCUT2D eigenvalue weighted by molar-refractivity contribution is -0.219. The van der Waals surface area contributed by atoms with E-state index in [1.165, 1.54) is 12.7 Å².